The Hall–Kier alpha value is -3.14. The number of amides is 1. The van der Waals surface area contributed by atoms with Gasteiger partial charge in [0, 0.05) is 31.4 Å². The van der Waals surface area contributed by atoms with Crippen LogP contribution < -0.4 is 5.73 Å². The van der Waals surface area contributed by atoms with E-state index in [1.165, 1.54) is 22.3 Å². The maximum absolute atomic E-state index is 13.7. The van der Waals surface area contributed by atoms with Crippen LogP contribution in [-0.2, 0) is 4.79 Å². The molecule has 4 atom stereocenters. The van der Waals surface area contributed by atoms with E-state index < -0.39 is 0 Å². The molecule has 6 nitrogen and oxygen atoms in total. The maximum Gasteiger partial charge on any atom is 0.241 e. The molecule has 3 saturated heterocycles. The van der Waals surface area contributed by atoms with Crippen LogP contribution in [0.3, 0.4) is 0 Å². The zero-order valence-corrected chi connectivity index (χ0v) is 18.7. The highest BCUT2D eigenvalue weighted by molar-refractivity contribution is 5.89. The lowest BCUT2D eigenvalue weighted by molar-refractivity contribution is -0.138. The highest BCUT2D eigenvalue weighted by Crippen LogP contribution is 2.50. The molecule has 3 heterocycles. The smallest absolute Gasteiger partial charge is 0.241 e. The second kappa shape index (κ2) is 7.72. The fourth-order valence-electron chi connectivity index (χ4n) is 6.47. The molecule has 4 aliphatic rings. The van der Waals surface area contributed by atoms with Crippen molar-refractivity contribution in [3.05, 3.63) is 71.9 Å². The van der Waals surface area contributed by atoms with Gasteiger partial charge in [-0.25, -0.2) is 0 Å². The van der Waals surface area contributed by atoms with Crippen molar-refractivity contribution in [2.75, 3.05) is 19.6 Å². The van der Waals surface area contributed by atoms with Crippen LogP contribution in [0.2, 0.25) is 0 Å². The monoisotopic (exact) mass is 439 g/mol. The van der Waals surface area contributed by atoms with E-state index in [0.717, 1.165) is 38.0 Å². The van der Waals surface area contributed by atoms with Crippen LogP contribution >= 0.6 is 0 Å². The molecule has 3 unspecified atom stereocenters. The van der Waals surface area contributed by atoms with Gasteiger partial charge in [-0.2, -0.15) is 5.26 Å². The van der Waals surface area contributed by atoms with Gasteiger partial charge in [0.15, 0.2) is 0 Å². The minimum atomic E-state index is -0.271. The summed E-state index contributed by atoms with van der Waals surface area (Å²) in [4.78, 5) is 20.1. The van der Waals surface area contributed by atoms with Crippen molar-refractivity contribution in [3.63, 3.8) is 0 Å². The fourth-order valence-corrected chi connectivity index (χ4v) is 6.47. The van der Waals surface area contributed by atoms with E-state index >= 15 is 0 Å². The first-order valence-electron chi connectivity index (χ1n) is 11.9. The number of hydrogen-bond acceptors (Lipinski definition) is 5. The van der Waals surface area contributed by atoms with E-state index in [2.05, 4.69) is 75.9 Å². The molecule has 0 radical (unpaired) electrons. The largest absolute Gasteiger partial charge is 0.358 e. The van der Waals surface area contributed by atoms with Gasteiger partial charge in [-0.1, -0.05) is 55.1 Å². The third-order valence-electron chi connectivity index (χ3n) is 8.02. The third-order valence-corrected chi connectivity index (χ3v) is 8.02. The molecule has 2 aromatic carbocycles. The molecule has 0 aromatic heterocycles. The molecule has 2 bridgehead atoms. The van der Waals surface area contributed by atoms with Crippen molar-refractivity contribution in [1.82, 2.24) is 14.7 Å². The van der Waals surface area contributed by atoms with Gasteiger partial charge in [0.2, 0.25) is 5.91 Å². The van der Waals surface area contributed by atoms with E-state index in [0.29, 0.717) is 6.54 Å². The number of fused-ring (bicyclic) bond motifs is 5. The molecule has 3 fully saturated rings. The molecule has 0 spiro atoms. The minimum Gasteiger partial charge on any atom is -0.358 e. The Morgan fingerprint density at radius 2 is 1.82 bits per heavy atom. The summed E-state index contributed by atoms with van der Waals surface area (Å²) >= 11 is 0. The summed E-state index contributed by atoms with van der Waals surface area (Å²) in [7, 11) is 0. The Morgan fingerprint density at radius 3 is 2.45 bits per heavy atom. The number of hydrogen-bond donors (Lipinski definition) is 1. The molecule has 2 N–H and O–H groups in total. The van der Waals surface area contributed by atoms with Crippen LogP contribution in [0.25, 0.3) is 11.1 Å². The lowest BCUT2D eigenvalue weighted by Crippen LogP contribution is -2.54. The Labute approximate surface area is 194 Å². The molecular formula is C27H29N5O. The van der Waals surface area contributed by atoms with Crippen molar-refractivity contribution in [2.45, 2.75) is 49.5 Å². The Morgan fingerprint density at radius 1 is 1.15 bits per heavy atom. The summed E-state index contributed by atoms with van der Waals surface area (Å²) in [5, 5.41) is 9.41. The topological polar surface area (TPSA) is 76.6 Å². The van der Waals surface area contributed by atoms with Gasteiger partial charge in [0.1, 0.15) is 6.04 Å². The zero-order valence-electron chi connectivity index (χ0n) is 18.7. The van der Waals surface area contributed by atoms with Gasteiger partial charge >= 0.3 is 0 Å². The average molecular weight is 440 g/mol. The maximum atomic E-state index is 13.7. The molecule has 2 aromatic rings. The van der Waals surface area contributed by atoms with E-state index in [1.54, 1.807) is 0 Å². The van der Waals surface area contributed by atoms with Crippen LogP contribution in [0.15, 0.2) is 60.8 Å². The predicted octanol–water partition coefficient (Wildman–Crippen LogP) is 2.87. The van der Waals surface area contributed by atoms with Gasteiger partial charge in [-0.05, 0) is 41.5 Å². The number of likely N-dealkylation sites (tertiary alicyclic amines) is 3. The minimum absolute atomic E-state index is 0.00771. The van der Waals surface area contributed by atoms with Gasteiger partial charge in [-0.15, -0.1) is 0 Å². The molecule has 1 aliphatic carbocycles. The van der Waals surface area contributed by atoms with Crippen molar-refractivity contribution in [3.8, 4) is 17.2 Å². The Bertz CT molecular complexity index is 1120. The van der Waals surface area contributed by atoms with Crippen LogP contribution in [0.5, 0.6) is 0 Å². The van der Waals surface area contributed by atoms with Crippen molar-refractivity contribution in [1.29, 1.82) is 5.26 Å². The standard InChI is InChI=1S/C27H29N5O/c1-17(31-12-6-7-18(31)14-28)24(29)16-30-15-19-13-25(30)27(33)32(19)26-22-10-4-2-8-20(22)21-9-3-5-11-23(21)26/h2-5,8-11,18-19,24-26H,1,6-7,12-13,15-16,29H2/t18?,19-,24?,25?/m0/s1. The van der Waals surface area contributed by atoms with Crippen LogP contribution in [0.4, 0.5) is 0 Å². The molecule has 6 rings (SSSR count). The lowest BCUT2D eigenvalue weighted by atomic mass is 10.0. The highest BCUT2D eigenvalue weighted by Gasteiger charge is 2.53. The molecule has 0 saturated carbocycles. The van der Waals surface area contributed by atoms with Crippen molar-refractivity contribution >= 4 is 5.91 Å². The fraction of sp³-hybridized carbons (Fsp3) is 0.407. The van der Waals surface area contributed by atoms with E-state index in [1.807, 2.05) is 0 Å². The van der Waals surface area contributed by atoms with Gasteiger partial charge in [0.25, 0.3) is 0 Å². The SMILES string of the molecule is C=C(C(N)CN1C[C@@H]2CC1C(=O)N2C1c2ccccc2-c2ccccc21)N1CCCC1C#N. The second-order valence-electron chi connectivity index (χ2n) is 9.76. The van der Waals surface area contributed by atoms with Crippen molar-refractivity contribution < 1.29 is 4.79 Å². The van der Waals surface area contributed by atoms with Gasteiger partial charge in [0.05, 0.1) is 24.2 Å². The number of nitrogens with two attached hydrogens (primary N) is 1. The number of nitriles is 1. The number of rotatable bonds is 5. The van der Waals surface area contributed by atoms with Gasteiger partial charge < -0.3 is 15.5 Å². The summed E-state index contributed by atoms with van der Waals surface area (Å²) in [6.07, 6.45) is 2.72. The number of carbonyl (C=O) groups excluding carboxylic acids is 1. The number of carbonyl (C=O) groups is 1. The van der Waals surface area contributed by atoms with Crippen LogP contribution in [0, 0.1) is 11.3 Å². The van der Waals surface area contributed by atoms with E-state index in [4.69, 9.17) is 5.73 Å². The summed E-state index contributed by atoms with van der Waals surface area (Å²) < 4.78 is 0. The molecule has 6 heteroatoms. The summed E-state index contributed by atoms with van der Waals surface area (Å²) in [5.41, 5.74) is 12.3. The molecule has 168 valence electrons. The molecule has 33 heavy (non-hydrogen) atoms. The number of piperazine rings is 1. The Balaban J connectivity index is 1.21. The summed E-state index contributed by atoms with van der Waals surface area (Å²) in [6.45, 7) is 6.49. The molecule has 3 aliphatic heterocycles. The first kappa shape index (κ1) is 20.5. The predicted molar refractivity (Wildman–Crippen MR) is 127 cm³/mol. The first-order valence-corrected chi connectivity index (χ1v) is 11.9. The quantitative estimate of drug-likeness (QED) is 0.775. The lowest BCUT2D eigenvalue weighted by Gasteiger charge is -2.39. The van der Waals surface area contributed by atoms with E-state index in [-0.39, 0.29) is 36.1 Å². The summed E-state index contributed by atoms with van der Waals surface area (Å²) in [5.74, 6) is 0.205. The van der Waals surface area contributed by atoms with Crippen LogP contribution in [0.1, 0.15) is 36.4 Å². The van der Waals surface area contributed by atoms with E-state index in [9.17, 15) is 10.1 Å². The third kappa shape index (κ3) is 3.03. The highest BCUT2D eigenvalue weighted by atomic mass is 16.2. The second-order valence-corrected chi connectivity index (χ2v) is 9.76. The zero-order chi connectivity index (χ0) is 22.7. The van der Waals surface area contributed by atoms with Gasteiger partial charge in [-0.3, -0.25) is 9.69 Å². The summed E-state index contributed by atoms with van der Waals surface area (Å²) in [6, 6.07) is 19.0. The Kier molecular flexibility index (Phi) is 4.79. The normalized spacial score (nSPS) is 27.0. The number of nitrogens with zero attached hydrogens (tertiary/aromatic N) is 4. The first-order chi connectivity index (χ1) is 16.1. The van der Waals surface area contributed by atoms with Crippen LogP contribution in [-0.4, -0.2) is 64.4 Å². The number of benzene rings is 2. The van der Waals surface area contributed by atoms with Crippen molar-refractivity contribution in [2.24, 2.45) is 5.73 Å². The molecule has 1 amide bonds. The average Bonchev–Trinajstić information content (AvgIpc) is 3.60. The molecular weight excluding hydrogens is 410 g/mol.